The molecule has 0 aliphatic carbocycles. The summed E-state index contributed by atoms with van der Waals surface area (Å²) in [4.78, 5) is 23.7. The number of hydrogen-bond donors (Lipinski definition) is 0. The molecular weight excluding hydrogens is 400 g/mol. The summed E-state index contributed by atoms with van der Waals surface area (Å²) in [5.74, 6) is 1.23. The maximum absolute atomic E-state index is 12.8. The molecule has 10 heteroatoms. The van der Waals surface area contributed by atoms with Gasteiger partial charge in [-0.25, -0.2) is 18.4 Å². The number of fused-ring (bicyclic) bond motifs is 1. The lowest BCUT2D eigenvalue weighted by Crippen LogP contribution is -2.36. The Kier molecular flexibility index (Phi) is 5.44. The molecule has 0 amide bonds. The third-order valence-electron chi connectivity index (χ3n) is 4.31. The number of benzene rings is 1. The minimum absolute atomic E-state index is 0.0555. The van der Waals surface area contributed by atoms with Gasteiger partial charge >= 0.3 is 0 Å². The Labute approximate surface area is 167 Å². The Balaban J connectivity index is 2.09. The van der Waals surface area contributed by atoms with Crippen LogP contribution in [0.4, 0.5) is 5.95 Å². The lowest BCUT2D eigenvalue weighted by molar-refractivity contribution is 0.414. The molecule has 0 bridgehead atoms. The largest absolute Gasteiger partial charge is 0.497 e. The number of thiazole rings is 1. The molecule has 3 rings (SSSR count). The highest BCUT2D eigenvalue weighted by molar-refractivity contribution is 7.92. The van der Waals surface area contributed by atoms with Crippen LogP contribution in [0.2, 0.25) is 0 Å². The van der Waals surface area contributed by atoms with Crippen LogP contribution in [0.1, 0.15) is 19.4 Å². The van der Waals surface area contributed by atoms with E-state index in [0.29, 0.717) is 17.3 Å². The average Bonchev–Trinajstić information content (AvgIpc) is 3.08. The SMILES string of the molecule is COc1ccc(CN(c2nc3sc(S(C)(=O)=O)nc3c(=O)n2C)C(C)C)cc1. The van der Waals surface area contributed by atoms with Crippen LogP contribution in [0.5, 0.6) is 5.75 Å². The first-order valence-corrected chi connectivity index (χ1v) is 11.3. The van der Waals surface area contributed by atoms with Crippen molar-refractivity contribution in [2.24, 2.45) is 7.05 Å². The number of sulfone groups is 1. The van der Waals surface area contributed by atoms with E-state index < -0.39 is 9.84 Å². The molecule has 0 aliphatic heterocycles. The van der Waals surface area contributed by atoms with E-state index in [-0.39, 0.29) is 21.5 Å². The Morgan fingerprint density at radius 3 is 2.39 bits per heavy atom. The molecule has 150 valence electrons. The van der Waals surface area contributed by atoms with Gasteiger partial charge in [0.1, 0.15) is 5.75 Å². The zero-order chi connectivity index (χ0) is 20.6. The summed E-state index contributed by atoms with van der Waals surface area (Å²) < 4.78 is 30.1. The van der Waals surface area contributed by atoms with Crippen LogP contribution in [0.25, 0.3) is 10.3 Å². The number of methoxy groups -OCH3 is 1. The zero-order valence-corrected chi connectivity index (χ0v) is 18.0. The van der Waals surface area contributed by atoms with E-state index in [0.717, 1.165) is 28.9 Å². The highest BCUT2D eigenvalue weighted by Crippen LogP contribution is 2.25. The van der Waals surface area contributed by atoms with Crippen molar-refractivity contribution in [1.82, 2.24) is 14.5 Å². The van der Waals surface area contributed by atoms with Gasteiger partial charge < -0.3 is 9.64 Å². The van der Waals surface area contributed by atoms with E-state index >= 15 is 0 Å². The van der Waals surface area contributed by atoms with Crippen LogP contribution in [0, 0.1) is 0 Å². The smallest absolute Gasteiger partial charge is 0.282 e. The lowest BCUT2D eigenvalue weighted by Gasteiger charge is -2.29. The van der Waals surface area contributed by atoms with Crippen LogP contribution in [0.15, 0.2) is 33.4 Å². The van der Waals surface area contributed by atoms with E-state index in [2.05, 4.69) is 9.97 Å². The van der Waals surface area contributed by atoms with Crippen LogP contribution in [-0.4, -0.2) is 42.4 Å². The van der Waals surface area contributed by atoms with Gasteiger partial charge in [-0.15, -0.1) is 0 Å². The normalized spacial score (nSPS) is 11.9. The third kappa shape index (κ3) is 3.88. The van der Waals surface area contributed by atoms with Crippen molar-refractivity contribution in [1.29, 1.82) is 0 Å². The van der Waals surface area contributed by atoms with Crippen molar-refractivity contribution in [3.05, 3.63) is 40.2 Å². The Hall–Kier alpha value is -2.46. The number of nitrogens with zero attached hydrogens (tertiary/aromatic N) is 4. The van der Waals surface area contributed by atoms with Crippen molar-refractivity contribution in [2.45, 2.75) is 30.8 Å². The molecule has 0 saturated heterocycles. The summed E-state index contributed by atoms with van der Waals surface area (Å²) in [6.07, 6.45) is 1.07. The minimum Gasteiger partial charge on any atom is -0.497 e. The van der Waals surface area contributed by atoms with Crippen LogP contribution in [0.3, 0.4) is 0 Å². The number of hydrogen-bond acceptors (Lipinski definition) is 8. The maximum atomic E-state index is 12.8. The van der Waals surface area contributed by atoms with Crippen molar-refractivity contribution in [2.75, 3.05) is 18.3 Å². The fraction of sp³-hybridized carbons (Fsp3) is 0.389. The number of ether oxygens (including phenoxy) is 1. The Morgan fingerprint density at radius 2 is 1.86 bits per heavy atom. The topological polar surface area (TPSA) is 94.4 Å². The fourth-order valence-corrected chi connectivity index (χ4v) is 4.51. The summed E-state index contributed by atoms with van der Waals surface area (Å²) in [7, 11) is -0.272. The molecule has 2 heterocycles. The molecule has 0 aliphatic rings. The molecule has 1 aromatic carbocycles. The highest BCUT2D eigenvalue weighted by Gasteiger charge is 2.22. The zero-order valence-electron chi connectivity index (χ0n) is 16.3. The summed E-state index contributed by atoms with van der Waals surface area (Å²) in [6, 6.07) is 7.73. The Bertz CT molecular complexity index is 1160. The lowest BCUT2D eigenvalue weighted by atomic mass is 10.2. The van der Waals surface area contributed by atoms with Gasteiger partial charge in [-0.1, -0.05) is 23.5 Å². The monoisotopic (exact) mass is 422 g/mol. The molecule has 0 N–H and O–H groups in total. The van der Waals surface area contributed by atoms with E-state index in [9.17, 15) is 13.2 Å². The maximum Gasteiger partial charge on any atom is 0.282 e. The summed E-state index contributed by atoms with van der Waals surface area (Å²) >= 11 is 0.915. The quantitative estimate of drug-likeness (QED) is 0.601. The molecule has 3 aromatic rings. The second-order valence-electron chi connectivity index (χ2n) is 6.75. The first-order valence-electron chi connectivity index (χ1n) is 8.59. The van der Waals surface area contributed by atoms with Gasteiger partial charge in [0, 0.05) is 25.9 Å². The van der Waals surface area contributed by atoms with Crippen LogP contribution < -0.4 is 15.2 Å². The predicted octanol–water partition coefficient (Wildman–Crippen LogP) is 2.22. The molecule has 0 atom stereocenters. The highest BCUT2D eigenvalue weighted by atomic mass is 32.2. The standard InChI is InChI=1S/C18H22N4O4S2/c1-11(2)22(10-12-6-8-13(26-4)9-7-12)17-20-15-14(16(23)21(17)3)19-18(27-15)28(5,24)25/h6-9,11H,10H2,1-5H3. The van der Waals surface area contributed by atoms with Crippen molar-refractivity contribution >= 4 is 37.5 Å². The number of anilines is 1. The molecule has 0 unspecified atom stereocenters. The van der Waals surface area contributed by atoms with Gasteiger partial charge in [0.15, 0.2) is 10.3 Å². The average molecular weight is 423 g/mol. The van der Waals surface area contributed by atoms with Crippen LogP contribution in [-0.2, 0) is 23.4 Å². The van der Waals surface area contributed by atoms with Gasteiger partial charge in [0.05, 0.1) is 7.11 Å². The summed E-state index contributed by atoms with van der Waals surface area (Å²) in [5, 5.41) is 0. The van der Waals surface area contributed by atoms with Crippen molar-refractivity contribution in [3.63, 3.8) is 0 Å². The van der Waals surface area contributed by atoms with Gasteiger partial charge in [-0.2, -0.15) is 0 Å². The Morgan fingerprint density at radius 1 is 1.21 bits per heavy atom. The van der Waals surface area contributed by atoms with Crippen molar-refractivity contribution < 1.29 is 13.2 Å². The number of rotatable bonds is 6. The fourth-order valence-electron chi connectivity index (χ4n) is 2.75. The molecular formula is C18H22N4O4S2. The minimum atomic E-state index is -3.51. The predicted molar refractivity (Wildman–Crippen MR) is 110 cm³/mol. The van der Waals surface area contributed by atoms with Crippen molar-refractivity contribution in [3.8, 4) is 5.75 Å². The second kappa shape index (κ2) is 7.51. The first-order chi connectivity index (χ1) is 13.1. The summed E-state index contributed by atoms with van der Waals surface area (Å²) in [5.41, 5.74) is 0.737. The third-order valence-corrected chi connectivity index (χ3v) is 6.94. The molecule has 8 nitrogen and oxygen atoms in total. The van der Waals surface area contributed by atoms with Crippen LogP contribution >= 0.6 is 11.3 Å². The molecule has 0 fully saturated rings. The van der Waals surface area contributed by atoms with Gasteiger partial charge in [0.2, 0.25) is 20.1 Å². The van der Waals surface area contributed by atoms with E-state index in [1.54, 1.807) is 14.2 Å². The van der Waals surface area contributed by atoms with E-state index in [1.165, 1.54) is 4.57 Å². The van der Waals surface area contributed by atoms with E-state index in [4.69, 9.17) is 4.74 Å². The van der Waals surface area contributed by atoms with Gasteiger partial charge in [-0.05, 0) is 31.5 Å². The summed E-state index contributed by atoms with van der Waals surface area (Å²) in [6.45, 7) is 4.55. The van der Waals surface area contributed by atoms with E-state index in [1.807, 2.05) is 43.0 Å². The molecule has 0 radical (unpaired) electrons. The first kappa shape index (κ1) is 20.3. The number of aromatic nitrogens is 3. The molecule has 0 saturated carbocycles. The van der Waals surface area contributed by atoms with Gasteiger partial charge in [-0.3, -0.25) is 9.36 Å². The second-order valence-corrected chi connectivity index (χ2v) is 9.92. The molecule has 28 heavy (non-hydrogen) atoms. The molecule has 0 spiro atoms. The molecule has 2 aromatic heterocycles. The van der Waals surface area contributed by atoms with Gasteiger partial charge in [0.25, 0.3) is 5.56 Å².